The van der Waals surface area contributed by atoms with Crippen molar-refractivity contribution in [3.63, 3.8) is 0 Å². The zero-order valence-electron chi connectivity index (χ0n) is 45.2. The number of phenolic OH excluding ortho intramolecular Hbond substituents is 1. The van der Waals surface area contributed by atoms with E-state index in [9.17, 15) is 14.7 Å². The topological polar surface area (TPSA) is 275 Å². The number of halogens is 1. The van der Waals surface area contributed by atoms with Crippen LogP contribution in [0.15, 0.2) is 67.0 Å². The molecule has 0 bridgehead atoms. The first kappa shape index (κ1) is 58.7. The van der Waals surface area contributed by atoms with Crippen molar-refractivity contribution in [3.05, 3.63) is 89.6 Å². The van der Waals surface area contributed by atoms with E-state index in [0.29, 0.717) is 140 Å². The average Bonchev–Trinajstić information content (AvgIpc) is 4.27. The smallest absolute Gasteiger partial charge is 0.248 e. The molecule has 2 aliphatic heterocycles. The summed E-state index contributed by atoms with van der Waals surface area (Å²) in [6.45, 7) is 14.5. The molecule has 420 valence electrons. The molecule has 0 radical (unpaired) electrons. The number of aromatic hydroxyl groups is 1. The van der Waals surface area contributed by atoms with Crippen molar-refractivity contribution in [2.24, 2.45) is 23.3 Å². The number of nitrogens with zero attached hydrogens (tertiary/aromatic N) is 13. The van der Waals surface area contributed by atoms with E-state index in [-0.39, 0.29) is 54.6 Å². The molecule has 5 atom stereocenters. The molecule has 24 heteroatoms. The van der Waals surface area contributed by atoms with Gasteiger partial charge in [0.1, 0.15) is 24.4 Å². The Labute approximate surface area is 462 Å². The second-order valence-electron chi connectivity index (χ2n) is 20.2. The fraction of sp³-hybridized carbons (Fsp3) is 0.537. The zero-order chi connectivity index (χ0) is 54.3. The summed E-state index contributed by atoms with van der Waals surface area (Å²) in [5.41, 5.74) is 17.1. The molecule has 0 spiro atoms. The van der Waals surface area contributed by atoms with Gasteiger partial charge in [-0.05, 0) is 53.5 Å². The Kier molecular flexibility index (Phi) is 21.5. The molecule has 0 saturated carbocycles. The van der Waals surface area contributed by atoms with Gasteiger partial charge >= 0.3 is 0 Å². The van der Waals surface area contributed by atoms with Gasteiger partial charge in [-0.15, -0.1) is 29.0 Å². The molecule has 2 amide bonds. The Hall–Kier alpha value is -6.94. The molecular weight excluding hydrogens is 1020 g/mol. The van der Waals surface area contributed by atoms with Crippen LogP contribution in [-0.2, 0) is 36.6 Å². The van der Waals surface area contributed by atoms with Crippen molar-refractivity contribution in [2.45, 2.75) is 77.5 Å². The molecule has 6 aromatic rings. The first-order valence-corrected chi connectivity index (χ1v) is 26.8. The summed E-state index contributed by atoms with van der Waals surface area (Å²) >= 11 is 0. The summed E-state index contributed by atoms with van der Waals surface area (Å²) in [7, 11) is 0. The lowest BCUT2D eigenvalue weighted by Gasteiger charge is -2.38. The summed E-state index contributed by atoms with van der Waals surface area (Å²) in [5.74, 6) is 4.23. The molecule has 6 heterocycles. The fourth-order valence-corrected chi connectivity index (χ4v) is 9.47. The number of carbonyl (C=O) groups is 2. The van der Waals surface area contributed by atoms with Gasteiger partial charge in [0.15, 0.2) is 0 Å². The molecule has 2 aromatic carbocycles. The molecule has 7 N–H and O–H groups in total. The van der Waals surface area contributed by atoms with E-state index >= 15 is 0 Å². The number of piperazine rings is 2. The molecule has 4 aromatic heterocycles. The number of H-pyrrole nitrogens is 1. The van der Waals surface area contributed by atoms with Gasteiger partial charge in [0.05, 0.1) is 68.9 Å². The molecular formula is C54H76ClN17O6. The zero-order valence-corrected chi connectivity index (χ0v) is 46.0. The van der Waals surface area contributed by atoms with Crippen LogP contribution in [0.2, 0.25) is 0 Å². The Morgan fingerprint density at radius 2 is 1.32 bits per heavy atom. The highest BCUT2D eigenvalue weighted by Gasteiger charge is 2.34. The summed E-state index contributed by atoms with van der Waals surface area (Å²) in [4.78, 5) is 55.4. The number of nitrogens with one attached hydrogen (secondary N) is 2. The molecule has 2 saturated heterocycles. The van der Waals surface area contributed by atoms with E-state index in [4.69, 9.17) is 47.1 Å². The van der Waals surface area contributed by atoms with E-state index in [1.165, 1.54) is 0 Å². The van der Waals surface area contributed by atoms with Crippen LogP contribution in [0.25, 0.3) is 10.9 Å². The third-order valence-corrected chi connectivity index (χ3v) is 14.2. The van der Waals surface area contributed by atoms with E-state index in [0.717, 1.165) is 35.0 Å². The van der Waals surface area contributed by atoms with Gasteiger partial charge in [-0.25, -0.2) is 9.36 Å². The molecule has 78 heavy (non-hydrogen) atoms. The van der Waals surface area contributed by atoms with Gasteiger partial charge in [0.25, 0.3) is 0 Å². The highest BCUT2D eigenvalue weighted by molar-refractivity contribution is 5.85. The predicted molar refractivity (Wildman–Crippen MR) is 299 cm³/mol. The Balaban J connectivity index is 0.00000882. The second kappa shape index (κ2) is 28.6. The van der Waals surface area contributed by atoms with Gasteiger partial charge in [0, 0.05) is 83.0 Å². The summed E-state index contributed by atoms with van der Waals surface area (Å²) in [6.07, 6.45) is 11.2. The van der Waals surface area contributed by atoms with Crippen LogP contribution in [0.1, 0.15) is 87.3 Å². The van der Waals surface area contributed by atoms with Crippen molar-refractivity contribution in [2.75, 3.05) is 114 Å². The normalized spacial score (nSPS) is 15.9. The fourth-order valence-electron chi connectivity index (χ4n) is 9.47. The van der Waals surface area contributed by atoms with Crippen molar-refractivity contribution in [1.82, 2.24) is 59.7 Å². The Morgan fingerprint density at radius 1 is 0.756 bits per heavy atom. The molecule has 0 aliphatic carbocycles. The van der Waals surface area contributed by atoms with Crippen LogP contribution in [-0.4, -0.2) is 175 Å². The first-order chi connectivity index (χ1) is 37.4. The number of carbonyl (C=O) groups excluding carboxylic acids is 2. The number of nitrogens with two attached hydrogens (primary N) is 2. The number of aromatic amines is 1. The lowest BCUT2D eigenvalue weighted by Crippen LogP contribution is -2.52. The van der Waals surface area contributed by atoms with Crippen LogP contribution in [0.4, 0.5) is 17.8 Å². The van der Waals surface area contributed by atoms with Crippen molar-refractivity contribution in [3.8, 4) is 18.1 Å². The number of hydrogen-bond donors (Lipinski definition) is 5. The van der Waals surface area contributed by atoms with Gasteiger partial charge in [-0.3, -0.25) is 9.59 Å². The lowest BCUT2D eigenvalue weighted by atomic mass is 9.98. The number of rotatable bonds is 27. The first-order valence-electron chi connectivity index (χ1n) is 26.8. The SMILES string of the molecule is C#CCOCCOCCOCCNc1nc(N2CCN(C(=O)C(Cc3ccc(O)cc3)n3cc(C(N)CC(C)C)nn3)CC2)nc(N2CCN(C(=O)C(Cc3cc4ccccc4[nH]3)n3cc(C(N)C(C)CC)nn3)CC2)n1.Cl. The largest absolute Gasteiger partial charge is 0.508 e. The monoisotopic (exact) mass is 1090 g/mol. The van der Waals surface area contributed by atoms with Gasteiger partial charge in [-0.1, -0.05) is 80.8 Å². The maximum atomic E-state index is 14.7. The van der Waals surface area contributed by atoms with Crippen LogP contribution < -0.4 is 26.6 Å². The number of benzene rings is 2. The number of ether oxygens (including phenoxy) is 3. The quantitative estimate of drug-likeness (QED) is 0.0359. The maximum absolute atomic E-state index is 14.7. The van der Waals surface area contributed by atoms with Gasteiger partial charge in [-0.2, -0.15) is 15.0 Å². The van der Waals surface area contributed by atoms with Crippen molar-refractivity contribution >= 4 is 53.0 Å². The van der Waals surface area contributed by atoms with E-state index in [1.54, 1.807) is 27.7 Å². The number of anilines is 3. The van der Waals surface area contributed by atoms with Crippen LogP contribution in [0.5, 0.6) is 5.75 Å². The number of aromatic nitrogens is 10. The molecule has 2 fully saturated rings. The average molecular weight is 1090 g/mol. The van der Waals surface area contributed by atoms with Crippen molar-refractivity contribution < 1.29 is 28.9 Å². The number of hydrogen-bond acceptors (Lipinski definition) is 18. The Morgan fingerprint density at radius 3 is 1.91 bits per heavy atom. The molecule has 2 aliphatic rings. The minimum absolute atomic E-state index is 0. The maximum Gasteiger partial charge on any atom is 0.248 e. The van der Waals surface area contributed by atoms with Gasteiger partial charge in [0.2, 0.25) is 29.7 Å². The molecule has 5 unspecified atom stereocenters. The van der Waals surface area contributed by atoms with Crippen LogP contribution in [0, 0.1) is 24.2 Å². The highest BCUT2D eigenvalue weighted by Crippen LogP contribution is 2.28. The number of amides is 2. The molecule has 23 nitrogen and oxygen atoms in total. The third kappa shape index (κ3) is 15.6. The van der Waals surface area contributed by atoms with E-state index in [2.05, 4.69) is 80.4 Å². The molecule has 8 rings (SSSR count). The summed E-state index contributed by atoms with van der Waals surface area (Å²) in [6, 6.07) is 15.0. The van der Waals surface area contributed by atoms with E-state index < -0.39 is 12.1 Å². The predicted octanol–water partition coefficient (Wildman–Crippen LogP) is 4.12. The third-order valence-electron chi connectivity index (χ3n) is 14.2. The van der Waals surface area contributed by atoms with E-state index in [1.807, 2.05) is 52.4 Å². The number of terminal acetylenes is 1. The van der Waals surface area contributed by atoms with Crippen LogP contribution in [0.3, 0.4) is 0 Å². The number of para-hydroxylation sites is 1. The van der Waals surface area contributed by atoms with Crippen LogP contribution >= 0.6 is 12.4 Å². The highest BCUT2D eigenvalue weighted by atomic mass is 35.5. The second-order valence-corrected chi connectivity index (χ2v) is 20.2. The van der Waals surface area contributed by atoms with Crippen molar-refractivity contribution in [1.29, 1.82) is 0 Å². The summed E-state index contributed by atoms with van der Waals surface area (Å²) in [5, 5.41) is 32.1. The number of phenols is 1. The standard InChI is InChI=1S/C54H75N17O6.ClH/c1-6-25-75-27-29-77-30-28-76-26-16-57-52-59-53(68-21-17-66(18-22-68)50(73)47(32-39-12-14-42(72)15-13-39)70-35-45(62-64-70)43(55)31-37(3)4)61-54(60-52)69-23-19-67(20-24-69)51(74)48(34-41-33-40-10-8-9-11-44(40)58-41)71-36-46(63-65-71)49(56)38(5)7-2;/h1,8-15,33,35-38,43,47-49,58,72H,7,16-32,34,55-56H2,2-5H3,(H,57,59,60,61);1H. The lowest BCUT2D eigenvalue weighted by molar-refractivity contribution is -0.136. The minimum atomic E-state index is -0.698. The minimum Gasteiger partial charge on any atom is -0.508 e. The summed E-state index contributed by atoms with van der Waals surface area (Å²) < 4.78 is 19.9. The Bertz CT molecular complexity index is 2820. The van der Waals surface area contributed by atoms with Gasteiger partial charge < -0.3 is 60.7 Å². The number of fused-ring (bicyclic) bond motifs is 1.